The van der Waals surface area contributed by atoms with Crippen molar-refractivity contribution >= 4 is 15.9 Å². The number of sulfonamides is 1. The molecular weight excluding hydrogens is 376 g/mol. The van der Waals surface area contributed by atoms with Gasteiger partial charge in [0.1, 0.15) is 0 Å². The number of carbonyl (C=O) groups is 1. The number of nitrogens with zero attached hydrogens (tertiary/aromatic N) is 4. The Hall–Kier alpha value is -2.19. The number of hydrogen-bond acceptors (Lipinski definition) is 4. The van der Waals surface area contributed by atoms with Crippen LogP contribution in [0.15, 0.2) is 30.3 Å². The Balaban J connectivity index is 1.37. The summed E-state index contributed by atoms with van der Waals surface area (Å²) >= 11 is 0. The number of carbonyl (C=O) groups excluding carboxylic acids is 1. The van der Waals surface area contributed by atoms with Crippen LogP contribution < -0.4 is 0 Å². The highest BCUT2D eigenvalue weighted by Crippen LogP contribution is 2.18. The second-order valence-corrected chi connectivity index (χ2v) is 9.60. The van der Waals surface area contributed by atoms with Gasteiger partial charge in [0.25, 0.3) is 5.91 Å². The summed E-state index contributed by atoms with van der Waals surface area (Å²) in [6, 6.07) is 9.44. The second-order valence-electron chi connectivity index (χ2n) is 7.63. The van der Waals surface area contributed by atoms with Gasteiger partial charge in [0.05, 0.1) is 5.75 Å². The molecule has 4 rings (SSSR count). The van der Waals surface area contributed by atoms with Gasteiger partial charge in [-0.25, -0.2) is 8.42 Å². The number of amides is 1. The molecule has 0 atom stereocenters. The lowest BCUT2D eigenvalue weighted by Gasteiger charge is -2.33. The molecule has 0 N–H and O–H groups in total. The average molecular weight is 403 g/mol. The minimum Gasteiger partial charge on any atom is -0.335 e. The zero-order chi connectivity index (χ0) is 19.7. The first-order chi connectivity index (χ1) is 13.4. The highest BCUT2D eigenvalue weighted by molar-refractivity contribution is 7.88. The largest absolute Gasteiger partial charge is 0.335 e. The molecule has 0 spiro atoms. The predicted octanol–water partition coefficient (Wildman–Crippen LogP) is 1.82. The van der Waals surface area contributed by atoms with Crippen LogP contribution in [0.25, 0.3) is 0 Å². The van der Waals surface area contributed by atoms with E-state index in [0.717, 1.165) is 42.6 Å². The number of hydrogen-bond donors (Lipinski definition) is 0. The van der Waals surface area contributed by atoms with E-state index in [9.17, 15) is 13.2 Å². The summed E-state index contributed by atoms with van der Waals surface area (Å²) in [5.74, 6) is -0.105. The van der Waals surface area contributed by atoms with Crippen molar-refractivity contribution < 1.29 is 13.2 Å². The van der Waals surface area contributed by atoms with Crippen LogP contribution in [-0.2, 0) is 28.7 Å². The number of aryl methyl sites for hydroxylation is 3. The van der Waals surface area contributed by atoms with Crippen LogP contribution in [0.4, 0.5) is 0 Å². The summed E-state index contributed by atoms with van der Waals surface area (Å²) in [6.07, 6.45) is 3.20. The van der Waals surface area contributed by atoms with Crippen LogP contribution in [0.5, 0.6) is 0 Å². The van der Waals surface area contributed by atoms with Gasteiger partial charge < -0.3 is 4.90 Å². The topological polar surface area (TPSA) is 75.5 Å². The molecule has 0 radical (unpaired) electrons. The van der Waals surface area contributed by atoms with Crippen LogP contribution in [-0.4, -0.2) is 59.5 Å². The van der Waals surface area contributed by atoms with Crippen LogP contribution in [0.3, 0.4) is 0 Å². The minimum atomic E-state index is -3.39. The molecule has 1 amide bonds. The van der Waals surface area contributed by atoms with Crippen LogP contribution >= 0.6 is 0 Å². The van der Waals surface area contributed by atoms with E-state index in [1.54, 1.807) is 4.90 Å². The molecule has 3 heterocycles. The molecule has 0 saturated carbocycles. The molecule has 28 heavy (non-hydrogen) atoms. The SMILES string of the molecule is Cc1ccc(CS(=O)(=O)N2CCN(C(=O)c3cc4n(n3)CCCC4)CC2)cc1. The fourth-order valence-electron chi connectivity index (χ4n) is 3.84. The summed E-state index contributed by atoms with van der Waals surface area (Å²) in [5, 5.41) is 4.45. The van der Waals surface area contributed by atoms with Gasteiger partial charge in [-0.3, -0.25) is 9.48 Å². The Kier molecular flexibility index (Phi) is 5.25. The molecule has 1 aromatic heterocycles. The fourth-order valence-corrected chi connectivity index (χ4v) is 5.36. The van der Waals surface area contributed by atoms with Gasteiger partial charge in [0.2, 0.25) is 10.0 Å². The molecule has 1 aromatic carbocycles. The van der Waals surface area contributed by atoms with Crippen molar-refractivity contribution in [1.82, 2.24) is 19.0 Å². The van der Waals surface area contributed by atoms with E-state index in [0.29, 0.717) is 31.9 Å². The fraction of sp³-hybridized carbons (Fsp3) is 0.500. The van der Waals surface area contributed by atoms with Crippen molar-refractivity contribution in [2.45, 2.75) is 38.5 Å². The molecule has 1 saturated heterocycles. The van der Waals surface area contributed by atoms with Crippen LogP contribution in [0.2, 0.25) is 0 Å². The maximum Gasteiger partial charge on any atom is 0.274 e. The number of rotatable bonds is 4. The maximum atomic E-state index is 12.8. The van der Waals surface area contributed by atoms with Crippen molar-refractivity contribution in [3.05, 3.63) is 52.8 Å². The summed E-state index contributed by atoms with van der Waals surface area (Å²) in [7, 11) is -3.39. The monoisotopic (exact) mass is 402 g/mol. The van der Waals surface area contributed by atoms with Crippen LogP contribution in [0.1, 0.15) is 40.2 Å². The Morgan fingerprint density at radius 2 is 1.75 bits per heavy atom. The zero-order valence-corrected chi connectivity index (χ0v) is 17.0. The lowest BCUT2D eigenvalue weighted by atomic mass is 10.1. The summed E-state index contributed by atoms with van der Waals surface area (Å²) < 4.78 is 28.9. The third kappa shape index (κ3) is 3.98. The van der Waals surface area contributed by atoms with Crippen molar-refractivity contribution in [2.24, 2.45) is 0 Å². The third-order valence-corrected chi connectivity index (χ3v) is 7.37. The smallest absolute Gasteiger partial charge is 0.274 e. The second kappa shape index (κ2) is 7.67. The van der Waals surface area contributed by atoms with Gasteiger partial charge in [-0.2, -0.15) is 9.40 Å². The van der Waals surface area contributed by atoms with Gasteiger partial charge in [-0.05, 0) is 37.8 Å². The Labute approximate surface area is 166 Å². The third-order valence-electron chi connectivity index (χ3n) is 5.52. The van der Waals surface area contributed by atoms with Gasteiger partial charge >= 0.3 is 0 Å². The van der Waals surface area contributed by atoms with E-state index in [4.69, 9.17) is 0 Å². The molecule has 2 aromatic rings. The number of benzene rings is 1. The van der Waals surface area contributed by atoms with Crippen LogP contribution in [0, 0.1) is 6.92 Å². The quantitative estimate of drug-likeness (QED) is 0.782. The number of aromatic nitrogens is 2. The molecule has 0 aliphatic carbocycles. The Bertz CT molecular complexity index is 934. The van der Waals surface area contributed by atoms with E-state index in [1.807, 2.05) is 41.9 Å². The van der Waals surface area contributed by atoms with Crippen molar-refractivity contribution in [3.63, 3.8) is 0 Å². The van der Waals surface area contributed by atoms with E-state index in [1.165, 1.54) is 4.31 Å². The molecule has 2 aliphatic rings. The lowest BCUT2D eigenvalue weighted by Crippen LogP contribution is -2.50. The van der Waals surface area contributed by atoms with Crippen molar-refractivity contribution in [2.75, 3.05) is 26.2 Å². The lowest BCUT2D eigenvalue weighted by molar-refractivity contribution is 0.0691. The van der Waals surface area contributed by atoms with Gasteiger partial charge in [0, 0.05) is 38.4 Å². The highest BCUT2D eigenvalue weighted by Gasteiger charge is 2.30. The normalized spacial score (nSPS) is 18.1. The van der Waals surface area contributed by atoms with Crippen molar-refractivity contribution in [1.29, 1.82) is 0 Å². The molecule has 0 bridgehead atoms. The molecule has 2 aliphatic heterocycles. The minimum absolute atomic E-state index is 0.00497. The number of fused-ring (bicyclic) bond motifs is 1. The van der Waals surface area contributed by atoms with E-state index < -0.39 is 10.0 Å². The molecular formula is C20H26N4O3S. The van der Waals surface area contributed by atoms with E-state index >= 15 is 0 Å². The van der Waals surface area contributed by atoms with E-state index in [2.05, 4.69) is 5.10 Å². The first kappa shape index (κ1) is 19.1. The molecule has 150 valence electrons. The molecule has 8 heteroatoms. The summed E-state index contributed by atoms with van der Waals surface area (Å²) in [6.45, 7) is 4.29. The van der Waals surface area contributed by atoms with Gasteiger partial charge in [-0.1, -0.05) is 29.8 Å². The Morgan fingerprint density at radius 3 is 2.43 bits per heavy atom. The zero-order valence-electron chi connectivity index (χ0n) is 16.2. The maximum absolute atomic E-state index is 12.8. The first-order valence-electron chi connectivity index (χ1n) is 9.82. The summed E-state index contributed by atoms with van der Waals surface area (Å²) in [4.78, 5) is 14.5. The summed E-state index contributed by atoms with van der Waals surface area (Å²) in [5.41, 5.74) is 3.49. The van der Waals surface area contributed by atoms with Crippen molar-refractivity contribution in [3.8, 4) is 0 Å². The average Bonchev–Trinajstić information content (AvgIpc) is 3.13. The molecule has 7 nitrogen and oxygen atoms in total. The van der Waals surface area contributed by atoms with Gasteiger partial charge in [0.15, 0.2) is 5.69 Å². The van der Waals surface area contributed by atoms with E-state index in [-0.39, 0.29) is 11.7 Å². The highest BCUT2D eigenvalue weighted by atomic mass is 32.2. The standard InChI is InChI=1S/C20H26N4O3S/c1-16-5-7-17(8-6-16)15-28(26,27)23-12-10-22(11-13-23)20(25)19-14-18-4-2-3-9-24(18)21-19/h5-8,14H,2-4,9-13,15H2,1H3. The molecule has 0 unspecified atom stereocenters. The first-order valence-corrected chi connectivity index (χ1v) is 11.4. The van der Waals surface area contributed by atoms with Gasteiger partial charge in [-0.15, -0.1) is 0 Å². The number of piperazine rings is 1. The Morgan fingerprint density at radius 1 is 1.04 bits per heavy atom. The predicted molar refractivity (Wildman–Crippen MR) is 106 cm³/mol. The molecule has 1 fully saturated rings.